The van der Waals surface area contributed by atoms with Gasteiger partial charge < -0.3 is 15.3 Å². The van der Waals surface area contributed by atoms with Gasteiger partial charge in [0.15, 0.2) is 0 Å². The smallest absolute Gasteiger partial charge is 0.0460 e. The fraction of sp³-hybridized carbons (Fsp3) is 1.00. The zero-order chi connectivity index (χ0) is 11.1. The van der Waals surface area contributed by atoms with Gasteiger partial charge in [0.05, 0.1) is 0 Å². The topological polar surface area (TPSA) is 35.5 Å². The van der Waals surface area contributed by atoms with Crippen molar-refractivity contribution in [2.24, 2.45) is 5.92 Å². The molecule has 1 saturated heterocycles. The van der Waals surface area contributed by atoms with E-state index in [0.717, 1.165) is 6.54 Å². The van der Waals surface area contributed by atoms with Crippen LogP contribution in [0, 0.1) is 5.92 Å². The molecule has 0 saturated carbocycles. The molecule has 0 atom stereocenters. The van der Waals surface area contributed by atoms with Crippen LogP contribution < -0.4 is 5.32 Å². The Labute approximate surface area is 93.9 Å². The van der Waals surface area contributed by atoms with Crippen molar-refractivity contribution in [3.05, 3.63) is 0 Å². The van der Waals surface area contributed by atoms with Crippen molar-refractivity contribution in [3.63, 3.8) is 0 Å². The summed E-state index contributed by atoms with van der Waals surface area (Å²) in [4.78, 5) is 2.52. The number of likely N-dealkylation sites (tertiary alicyclic amines) is 1. The number of piperidine rings is 1. The predicted molar refractivity (Wildman–Crippen MR) is 64.0 cm³/mol. The van der Waals surface area contributed by atoms with Crippen molar-refractivity contribution < 1.29 is 5.11 Å². The van der Waals surface area contributed by atoms with Crippen molar-refractivity contribution in [2.75, 3.05) is 32.8 Å². The van der Waals surface area contributed by atoms with Crippen LogP contribution in [-0.2, 0) is 0 Å². The SMILES string of the molecule is CC(C)NCCCN1CCC(CO)CC1. The molecule has 0 spiro atoms. The first kappa shape index (κ1) is 12.9. The first-order valence-corrected chi connectivity index (χ1v) is 6.29. The number of hydrogen-bond acceptors (Lipinski definition) is 3. The van der Waals surface area contributed by atoms with Gasteiger partial charge in [-0.3, -0.25) is 0 Å². The van der Waals surface area contributed by atoms with E-state index in [9.17, 15) is 0 Å². The van der Waals surface area contributed by atoms with Crippen LogP contribution >= 0.6 is 0 Å². The van der Waals surface area contributed by atoms with Gasteiger partial charge in [0, 0.05) is 12.6 Å². The molecule has 0 amide bonds. The zero-order valence-electron chi connectivity index (χ0n) is 10.2. The molecule has 1 aliphatic heterocycles. The fourth-order valence-corrected chi connectivity index (χ4v) is 2.09. The molecule has 0 unspecified atom stereocenters. The summed E-state index contributed by atoms with van der Waals surface area (Å²) in [5.74, 6) is 0.565. The van der Waals surface area contributed by atoms with Crippen LogP contribution in [0.2, 0.25) is 0 Å². The van der Waals surface area contributed by atoms with Gasteiger partial charge in [0.1, 0.15) is 0 Å². The first-order chi connectivity index (χ1) is 7.22. The second-order valence-electron chi connectivity index (χ2n) is 4.93. The van der Waals surface area contributed by atoms with Crippen molar-refractivity contribution in [1.82, 2.24) is 10.2 Å². The summed E-state index contributed by atoms with van der Waals surface area (Å²) in [6.07, 6.45) is 3.59. The number of nitrogens with one attached hydrogen (secondary N) is 1. The third-order valence-corrected chi connectivity index (χ3v) is 3.17. The van der Waals surface area contributed by atoms with E-state index in [-0.39, 0.29) is 0 Å². The van der Waals surface area contributed by atoms with Gasteiger partial charge in [-0.1, -0.05) is 13.8 Å². The van der Waals surface area contributed by atoms with Gasteiger partial charge in [-0.05, 0) is 51.4 Å². The number of hydrogen-bond donors (Lipinski definition) is 2. The molecule has 90 valence electrons. The lowest BCUT2D eigenvalue weighted by molar-refractivity contribution is 0.130. The van der Waals surface area contributed by atoms with Crippen molar-refractivity contribution in [2.45, 2.75) is 39.2 Å². The highest BCUT2D eigenvalue weighted by molar-refractivity contribution is 4.71. The Morgan fingerprint density at radius 3 is 2.53 bits per heavy atom. The largest absolute Gasteiger partial charge is 0.396 e. The average Bonchev–Trinajstić information content (AvgIpc) is 2.25. The maximum Gasteiger partial charge on any atom is 0.0460 e. The summed E-state index contributed by atoms with van der Waals surface area (Å²) >= 11 is 0. The van der Waals surface area contributed by atoms with Crippen LogP contribution in [0.4, 0.5) is 0 Å². The van der Waals surface area contributed by atoms with Crippen LogP contribution in [0.1, 0.15) is 33.1 Å². The Morgan fingerprint density at radius 2 is 2.00 bits per heavy atom. The minimum Gasteiger partial charge on any atom is -0.396 e. The van der Waals surface area contributed by atoms with Crippen LogP contribution in [0.25, 0.3) is 0 Å². The Balaban J connectivity index is 1.99. The van der Waals surface area contributed by atoms with Gasteiger partial charge in [-0.2, -0.15) is 0 Å². The van der Waals surface area contributed by atoms with E-state index in [1.165, 1.54) is 38.9 Å². The summed E-state index contributed by atoms with van der Waals surface area (Å²) in [6, 6.07) is 0.602. The van der Waals surface area contributed by atoms with Gasteiger partial charge in [-0.25, -0.2) is 0 Å². The molecule has 0 aromatic heterocycles. The number of nitrogens with zero attached hydrogens (tertiary/aromatic N) is 1. The Morgan fingerprint density at radius 1 is 1.33 bits per heavy atom. The molecule has 2 N–H and O–H groups in total. The van der Waals surface area contributed by atoms with E-state index in [1.54, 1.807) is 0 Å². The van der Waals surface area contributed by atoms with Crippen molar-refractivity contribution in [1.29, 1.82) is 0 Å². The van der Waals surface area contributed by atoms with Crippen LogP contribution in [0.3, 0.4) is 0 Å². The monoisotopic (exact) mass is 214 g/mol. The zero-order valence-corrected chi connectivity index (χ0v) is 10.2. The average molecular weight is 214 g/mol. The number of aliphatic hydroxyl groups excluding tert-OH is 1. The molecule has 3 nitrogen and oxygen atoms in total. The maximum absolute atomic E-state index is 9.02. The molecular formula is C12H26N2O. The van der Waals surface area contributed by atoms with E-state index in [4.69, 9.17) is 5.11 Å². The van der Waals surface area contributed by atoms with Crippen LogP contribution in [-0.4, -0.2) is 48.8 Å². The standard InChI is InChI=1S/C12H26N2O/c1-11(2)13-6-3-7-14-8-4-12(10-15)5-9-14/h11-13,15H,3-10H2,1-2H3. The second-order valence-corrected chi connectivity index (χ2v) is 4.93. The van der Waals surface area contributed by atoms with Crippen molar-refractivity contribution >= 4 is 0 Å². The molecule has 0 aliphatic carbocycles. The molecule has 0 aromatic carbocycles. The molecule has 1 rings (SSSR count). The third-order valence-electron chi connectivity index (χ3n) is 3.17. The summed E-state index contributed by atoms with van der Waals surface area (Å²) < 4.78 is 0. The molecule has 3 heteroatoms. The van der Waals surface area contributed by atoms with Gasteiger partial charge in [0.2, 0.25) is 0 Å². The molecule has 1 aliphatic rings. The number of aliphatic hydroxyl groups is 1. The maximum atomic E-state index is 9.02. The van der Waals surface area contributed by atoms with E-state index >= 15 is 0 Å². The Hall–Kier alpha value is -0.120. The fourth-order valence-electron chi connectivity index (χ4n) is 2.09. The highest BCUT2D eigenvalue weighted by atomic mass is 16.3. The van der Waals surface area contributed by atoms with Crippen LogP contribution in [0.15, 0.2) is 0 Å². The summed E-state index contributed by atoms with van der Waals surface area (Å²) in [7, 11) is 0. The van der Waals surface area contributed by atoms with Crippen molar-refractivity contribution in [3.8, 4) is 0 Å². The lowest BCUT2D eigenvalue weighted by atomic mass is 9.98. The summed E-state index contributed by atoms with van der Waals surface area (Å²) in [5.41, 5.74) is 0. The minimum absolute atomic E-state index is 0.378. The summed E-state index contributed by atoms with van der Waals surface area (Å²) in [5, 5.41) is 12.5. The number of rotatable bonds is 6. The van der Waals surface area contributed by atoms with E-state index in [0.29, 0.717) is 18.6 Å². The second kappa shape index (κ2) is 7.20. The van der Waals surface area contributed by atoms with E-state index < -0.39 is 0 Å². The molecule has 15 heavy (non-hydrogen) atoms. The molecular weight excluding hydrogens is 188 g/mol. The Bertz CT molecular complexity index is 154. The molecule has 1 heterocycles. The van der Waals surface area contributed by atoms with Crippen LogP contribution in [0.5, 0.6) is 0 Å². The highest BCUT2D eigenvalue weighted by Crippen LogP contribution is 2.15. The molecule has 0 radical (unpaired) electrons. The third kappa shape index (κ3) is 5.50. The van der Waals surface area contributed by atoms with E-state index in [1.807, 2.05) is 0 Å². The van der Waals surface area contributed by atoms with Gasteiger partial charge in [-0.15, -0.1) is 0 Å². The lowest BCUT2D eigenvalue weighted by Crippen LogP contribution is -2.36. The highest BCUT2D eigenvalue weighted by Gasteiger charge is 2.17. The molecule has 0 bridgehead atoms. The van der Waals surface area contributed by atoms with Gasteiger partial charge in [0.25, 0.3) is 0 Å². The minimum atomic E-state index is 0.378. The molecule has 0 aromatic rings. The first-order valence-electron chi connectivity index (χ1n) is 6.29. The lowest BCUT2D eigenvalue weighted by Gasteiger charge is -2.31. The normalized spacial score (nSPS) is 20.0. The quantitative estimate of drug-likeness (QED) is 0.650. The van der Waals surface area contributed by atoms with Gasteiger partial charge >= 0.3 is 0 Å². The Kier molecular flexibility index (Phi) is 6.22. The predicted octanol–water partition coefficient (Wildman–Crippen LogP) is 1.08. The summed E-state index contributed by atoms with van der Waals surface area (Å²) in [6.45, 7) is 9.43. The van der Waals surface area contributed by atoms with E-state index in [2.05, 4.69) is 24.1 Å². The molecule has 1 fully saturated rings.